The minimum Gasteiger partial charge on any atom is -0.376 e. The number of hydrogen-bond acceptors (Lipinski definition) is 2. The van der Waals surface area contributed by atoms with Gasteiger partial charge in [0.25, 0.3) is 0 Å². The van der Waals surface area contributed by atoms with Crippen molar-refractivity contribution in [3.63, 3.8) is 0 Å². The fourth-order valence-electron chi connectivity index (χ4n) is 2.51. The first kappa shape index (κ1) is 14.1. The Kier molecular flexibility index (Phi) is 3.68. The van der Waals surface area contributed by atoms with Gasteiger partial charge in [0.15, 0.2) is 0 Å². The second kappa shape index (κ2) is 4.97. The number of amides is 1. The first-order valence-corrected chi connectivity index (χ1v) is 6.77. The van der Waals surface area contributed by atoms with E-state index in [1.165, 1.54) is 11.1 Å². The van der Waals surface area contributed by atoms with Gasteiger partial charge in [0.05, 0.1) is 5.60 Å². The van der Waals surface area contributed by atoms with Crippen molar-refractivity contribution < 1.29 is 9.53 Å². The van der Waals surface area contributed by atoms with E-state index in [2.05, 4.69) is 29.6 Å². The largest absolute Gasteiger partial charge is 0.376 e. The quantitative estimate of drug-likeness (QED) is 0.907. The molecule has 19 heavy (non-hydrogen) atoms. The standard InChI is InChI=1S/C16H23NO2/c1-15(2,3)14(18)17-11-16(19-4)9-12-7-5-6-8-13(12)10-16/h5-8H,9-11H2,1-4H3,(H,17,18). The molecular formula is C16H23NO2. The monoisotopic (exact) mass is 261 g/mol. The zero-order valence-electron chi connectivity index (χ0n) is 12.2. The Labute approximate surface area is 115 Å². The van der Waals surface area contributed by atoms with Crippen LogP contribution in [0.1, 0.15) is 31.9 Å². The van der Waals surface area contributed by atoms with Crippen LogP contribution in [0.15, 0.2) is 24.3 Å². The number of nitrogens with one attached hydrogen (secondary N) is 1. The smallest absolute Gasteiger partial charge is 0.225 e. The number of methoxy groups -OCH3 is 1. The summed E-state index contributed by atoms with van der Waals surface area (Å²) in [6.45, 7) is 6.33. The molecule has 3 nitrogen and oxygen atoms in total. The number of benzene rings is 1. The minimum atomic E-state index is -0.361. The van der Waals surface area contributed by atoms with Crippen molar-refractivity contribution in [2.45, 2.75) is 39.2 Å². The maximum atomic E-state index is 12.0. The SMILES string of the molecule is COC1(CNC(=O)C(C)(C)C)Cc2ccccc2C1. The second-order valence-electron chi connectivity index (χ2n) is 6.44. The van der Waals surface area contributed by atoms with Crippen LogP contribution in [0.2, 0.25) is 0 Å². The van der Waals surface area contributed by atoms with Gasteiger partial charge in [0.2, 0.25) is 5.91 Å². The van der Waals surface area contributed by atoms with Crippen LogP contribution in [-0.2, 0) is 22.4 Å². The zero-order valence-corrected chi connectivity index (χ0v) is 12.2. The van der Waals surface area contributed by atoms with Crippen molar-refractivity contribution in [1.29, 1.82) is 0 Å². The van der Waals surface area contributed by atoms with E-state index in [1.54, 1.807) is 7.11 Å². The molecular weight excluding hydrogens is 238 g/mol. The van der Waals surface area contributed by atoms with Gasteiger partial charge in [-0.2, -0.15) is 0 Å². The maximum Gasteiger partial charge on any atom is 0.225 e. The van der Waals surface area contributed by atoms with Crippen LogP contribution in [0.5, 0.6) is 0 Å². The number of rotatable bonds is 3. The summed E-state index contributed by atoms with van der Waals surface area (Å²) in [4.78, 5) is 12.0. The number of hydrogen-bond donors (Lipinski definition) is 1. The summed E-state index contributed by atoms with van der Waals surface area (Å²) in [5.74, 6) is 0.0693. The molecule has 104 valence electrons. The van der Waals surface area contributed by atoms with Crippen LogP contribution in [0.25, 0.3) is 0 Å². The molecule has 0 spiro atoms. The van der Waals surface area contributed by atoms with Crippen molar-refractivity contribution in [3.8, 4) is 0 Å². The molecule has 0 heterocycles. The number of ether oxygens (including phenoxy) is 1. The van der Waals surface area contributed by atoms with Crippen LogP contribution in [-0.4, -0.2) is 25.2 Å². The third kappa shape index (κ3) is 2.98. The molecule has 1 aliphatic carbocycles. The third-order valence-electron chi connectivity index (χ3n) is 3.83. The van der Waals surface area contributed by atoms with Gasteiger partial charge >= 0.3 is 0 Å². The molecule has 1 amide bonds. The van der Waals surface area contributed by atoms with Crippen molar-refractivity contribution in [2.75, 3.05) is 13.7 Å². The van der Waals surface area contributed by atoms with E-state index in [4.69, 9.17) is 4.74 Å². The molecule has 1 aromatic carbocycles. The van der Waals surface area contributed by atoms with E-state index in [9.17, 15) is 4.79 Å². The Morgan fingerprint density at radius 1 is 1.26 bits per heavy atom. The van der Waals surface area contributed by atoms with Crippen molar-refractivity contribution >= 4 is 5.91 Å². The summed E-state index contributed by atoms with van der Waals surface area (Å²) in [6, 6.07) is 8.39. The fraction of sp³-hybridized carbons (Fsp3) is 0.562. The van der Waals surface area contributed by atoms with Gasteiger partial charge in [-0.05, 0) is 11.1 Å². The molecule has 0 radical (unpaired) electrons. The fourth-order valence-corrected chi connectivity index (χ4v) is 2.51. The summed E-state index contributed by atoms with van der Waals surface area (Å²) in [6.07, 6.45) is 1.73. The van der Waals surface area contributed by atoms with Gasteiger partial charge in [-0.15, -0.1) is 0 Å². The highest BCUT2D eigenvalue weighted by atomic mass is 16.5. The lowest BCUT2D eigenvalue weighted by atomic mass is 9.94. The lowest BCUT2D eigenvalue weighted by Crippen LogP contribution is -2.48. The van der Waals surface area contributed by atoms with E-state index >= 15 is 0 Å². The first-order valence-electron chi connectivity index (χ1n) is 6.77. The summed E-state index contributed by atoms with van der Waals surface area (Å²) >= 11 is 0. The van der Waals surface area contributed by atoms with Gasteiger partial charge in [0, 0.05) is 31.9 Å². The van der Waals surface area contributed by atoms with Crippen LogP contribution in [0.4, 0.5) is 0 Å². The lowest BCUT2D eigenvalue weighted by molar-refractivity contribution is -0.130. The lowest BCUT2D eigenvalue weighted by Gasteiger charge is -2.29. The highest BCUT2D eigenvalue weighted by Gasteiger charge is 2.38. The van der Waals surface area contributed by atoms with E-state index in [-0.39, 0.29) is 16.9 Å². The molecule has 1 aromatic rings. The molecule has 3 heteroatoms. The Bertz CT molecular complexity index is 449. The van der Waals surface area contributed by atoms with Crippen molar-refractivity contribution in [3.05, 3.63) is 35.4 Å². The van der Waals surface area contributed by atoms with Gasteiger partial charge < -0.3 is 10.1 Å². The summed E-state index contributed by atoms with van der Waals surface area (Å²) in [5, 5.41) is 3.03. The highest BCUT2D eigenvalue weighted by molar-refractivity contribution is 5.81. The van der Waals surface area contributed by atoms with Crippen LogP contribution >= 0.6 is 0 Å². The number of fused-ring (bicyclic) bond motifs is 1. The van der Waals surface area contributed by atoms with E-state index < -0.39 is 0 Å². The molecule has 0 aliphatic heterocycles. The predicted molar refractivity (Wildman–Crippen MR) is 76.1 cm³/mol. The van der Waals surface area contributed by atoms with Crippen LogP contribution in [0, 0.1) is 5.41 Å². The summed E-state index contributed by atoms with van der Waals surface area (Å²) < 4.78 is 5.73. The van der Waals surface area contributed by atoms with Gasteiger partial charge in [-0.3, -0.25) is 4.79 Å². The molecule has 0 unspecified atom stereocenters. The van der Waals surface area contributed by atoms with Crippen LogP contribution in [0.3, 0.4) is 0 Å². The summed E-state index contributed by atoms with van der Waals surface area (Å²) in [7, 11) is 1.73. The Hall–Kier alpha value is -1.35. The normalized spacial score (nSPS) is 17.1. The van der Waals surface area contributed by atoms with Gasteiger partial charge in [0.1, 0.15) is 0 Å². The van der Waals surface area contributed by atoms with E-state index in [0.29, 0.717) is 6.54 Å². The van der Waals surface area contributed by atoms with E-state index in [1.807, 2.05) is 20.8 Å². The molecule has 1 aliphatic rings. The topological polar surface area (TPSA) is 38.3 Å². The molecule has 2 rings (SSSR count). The maximum absolute atomic E-state index is 12.0. The molecule has 0 saturated heterocycles. The molecule has 0 fully saturated rings. The first-order chi connectivity index (χ1) is 8.86. The minimum absolute atomic E-state index is 0.0693. The van der Waals surface area contributed by atoms with Crippen molar-refractivity contribution in [2.24, 2.45) is 5.41 Å². The Morgan fingerprint density at radius 2 is 1.79 bits per heavy atom. The molecule has 0 bridgehead atoms. The van der Waals surface area contributed by atoms with Gasteiger partial charge in [-0.25, -0.2) is 0 Å². The second-order valence-corrected chi connectivity index (χ2v) is 6.44. The predicted octanol–water partition coefficient (Wildman–Crippen LogP) is 2.33. The third-order valence-corrected chi connectivity index (χ3v) is 3.83. The number of carbonyl (C=O) groups excluding carboxylic acids is 1. The van der Waals surface area contributed by atoms with Crippen molar-refractivity contribution in [1.82, 2.24) is 5.32 Å². The van der Waals surface area contributed by atoms with E-state index in [0.717, 1.165) is 12.8 Å². The Morgan fingerprint density at radius 3 is 2.21 bits per heavy atom. The highest BCUT2D eigenvalue weighted by Crippen LogP contribution is 2.32. The number of carbonyl (C=O) groups is 1. The zero-order chi connectivity index (χ0) is 14.1. The molecule has 0 atom stereocenters. The summed E-state index contributed by atoms with van der Waals surface area (Å²) in [5.41, 5.74) is 2.01. The molecule has 1 N–H and O–H groups in total. The average Bonchev–Trinajstić information content (AvgIpc) is 2.74. The molecule has 0 saturated carbocycles. The molecule has 0 aromatic heterocycles. The van der Waals surface area contributed by atoms with Gasteiger partial charge in [-0.1, -0.05) is 45.0 Å². The Balaban J connectivity index is 2.05. The van der Waals surface area contributed by atoms with Crippen LogP contribution < -0.4 is 5.32 Å². The average molecular weight is 261 g/mol.